The fraction of sp³-hybridized carbons (Fsp3) is 0.467. The van der Waals surface area contributed by atoms with Crippen LogP contribution < -0.4 is 4.90 Å². The maximum absolute atomic E-state index is 14.8. The van der Waals surface area contributed by atoms with Crippen LogP contribution in [0.1, 0.15) is 61.5 Å². The molecule has 40 heavy (non-hydrogen) atoms. The van der Waals surface area contributed by atoms with Crippen molar-refractivity contribution in [3.8, 4) is 6.07 Å². The van der Waals surface area contributed by atoms with Crippen LogP contribution in [0.15, 0.2) is 36.5 Å². The minimum Gasteiger partial charge on any atom is -0.362 e. The van der Waals surface area contributed by atoms with Crippen molar-refractivity contribution in [2.24, 2.45) is 0 Å². The number of likely N-dealkylation sites (N-methyl/N-ethyl adjacent to an activating group) is 1. The van der Waals surface area contributed by atoms with E-state index in [-0.39, 0.29) is 12.1 Å². The molecule has 0 unspecified atom stereocenters. The van der Waals surface area contributed by atoms with E-state index in [2.05, 4.69) is 62.7 Å². The topological polar surface area (TPSA) is 85.7 Å². The van der Waals surface area contributed by atoms with Gasteiger partial charge < -0.3 is 9.80 Å². The average Bonchev–Trinajstić information content (AvgIpc) is 3.69. The highest BCUT2D eigenvalue weighted by molar-refractivity contribution is 5.84. The van der Waals surface area contributed by atoms with Gasteiger partial charge in [0.15, 0.2) is 5.82 Å². The van der Waals surface area contributed by atoms with Crippen LogP contribution in [-0.2, 0) is 11.3 Å². The van der Waals surface area contributed by atoms with E-state index in [0.29, 0.717) is 36.1 Å². The lowest BCUT2D eigenvalue weighted by Gasteiger charge is -2.35. The van der Waals surface area contributed by atoms with E-state index >= 15 is 0 Å². The van der Waals surface area contributed by atoms with Crippen LogP contribution in [0.2, 0.25) is 0 Å². The number of halogens is 1. The Morgan fingerprint density at radius 1 is 1.12 bits per heavy atom. The van der Waals surface area contributed by atoms with E-state index in [1.165, 1.54) is 16.3 Å². The standard InChI is InChI=1S/C30H33FN8O/c1-19-17-37(26-8-6-22(15-32)39-29(26)24(31)16-33-39)18-28-23-7-5-21(14-25(23)34-38(19)28)20-9-12-36(13-10-20)30(40)27-4-3-11-35(27)2/h5-8,14,16,19-20,27H,3-4,9-13,17-18H2,1-2H3/t19-,27+/m1/s1. The van der Waals surface area contributed by atoms with Crippen molar-refractivity contribution in [3.63, 3.8) is 0 Å². The predicted octanol–water partition coefficient (Wildman–Crippen LogP) is 4.08. The Hall–Kier alpha value is -3.97. The third kappa shape index (κ3) is 3.94. The Morgan fingerprint density at radius 2 is 1.95 bits per heavy atom. The molecule has 0 aliphatic carbocycles. The first-order valence-electron chi connectivity index (χ1n) is 14.2. The molecular formula is C30H33FN8O. The molecule has 1 aromatic carbocycles. The summed E-state index contributed by atoms with van der Waals surface area (Å²) in [5.74, 6) is 0.278. The van der Waals surface area contributed by atoms with E-state index in [1.54, 1.807) is 6.07 Å². The van der Waals surface area contributed by atoms with Gasteiger partial charge in [0.05, 0.1) is 41.7 Å². The molecular weight excluding hydrogens is 507 g/mol. The van der Waals surface area contributed by atoms with Gasteiger partial charge in [-0.25, -0.2) is 8.91 Å². The molecule has 0 bridgehead atoms. The van der Waals surface area contributed by atoms with Gasteiger partial charge >= 0.3 is 0 Å². The van der Waals surface area contributed by atoms with Crippen LogP contribution in [0.3, 0.4) is 0 Å². The molecule has 0 N–H and O–H groups in total. The second-order valence-electron chi connectivity index (χ2n) is 11.6. The maximum Gasteiger partial charge on any atom is 0.239 e. The minimum absolute atomic E-state index is 0.0529. The number of hydrogen-bond donors (Lipinski definition) is 0. The number of nitriles is 1. The summed E-state index contributed by atoms with van der Waals surface area (Å²) in [6.45, 7) is 6.01. The lowest BCUT2D eigenvalue weighted by molar-refractivity contribution is -0.136. The summed E-state index contributed by atoms with van der Waals surface area (Å²) in [6, 6.07) is 12.4. The number of likely N-dealkylation sites (tertiary alicyclic amines) is 2. The van der Waals surface area contributed by atoms with Crippen LogP contribution in [0.5, 0.6) is 0 Å². The van der Waals surface area contributed by atoms with Gasteiger partial charge in [0.2, 0.25) is 5.91 Å². The van der Waals surface area contributed by atoms with Crippen molar-refractivity contribution < 1.29 is 9.18 Å². The molecule has 0 saturated carbocycles. The first-order valence-corrected chi connectivity index (χ1v) is 14.2. The molecule has 3 aliphatic heterocycles. The zero-order valence-electron chi connectivity index (χ0n) is 22.9. The van der Waals surface area contributed by atoms with Gasteiger partial charge in [-0.05, 0) is 75.9 Å². The summed E-state index contributed by atoms with van der Waals surface area (Å²) in [7, 11) is 2.06. The lowest BCUT2D eigenvalue weighted by Crippen LogP contribution is -2.47. The number of pyridine rings is 1. The number of fused-ring (bicyclic) bond motifs is 4. The van der Waals surface area contributed by atoms with E-state index in [4.69, 9.17) is 5.10 Å². The monoisotopic (exact) mass is 540 g/mol. The van der Waals surface area contributed by atoms with Gasteiger partial charge in [-0.1, -0.05) is 12.1 Å². The summed E-state index contributed by atoms with van der Waals surface area (Å²) in [6.07, 6.45) is 5.18. The molecule has 2 saturated heterocycles. The number of aromatic nitrogens is 4. The summed E-state index contributed by atoms with van der Waals surface area (Å²) >= 11 is 0. The van der Waals surface area contributed by atoms with E-state index < -0.39 is 5.82 Å². The predicted molar refractivity (Wildman–Crippen MR) is 150 cm³/mol. The quantitative estimate of drug-likeness (QED) is 0.389. The third-order valence-electron chi connectivity index (χ3n) is 9.20. The Balaban J connectivity index is 1.13. The molecule has 3 aliphatic rings. The third-order valence-corrected chi connectivity index (χ3v) is 9.20. The molecule has 7 rings (SSSR count). The summed E-state index contributed by atoms with van der Waals surface area (Å²) in [5, 5.41) is 19.6. The number of piperidine rings is 1. The van der Waals surface area contributed by atoms with Crippen molar-refractivity contribution >= 4 is 28.0 Å². The fourth-order valence-electron chi connectivity index (χ4n) is 7.03. The Morgan fingerprint density at radius 3 is 2.70 bits per heavy atom. The molecule has 4 aromatic rings. The molecule has 0 radical (unpaired) electrons. The molecule has 10 heteroatoms. The van der Waals surface area contributed by atoms with Gasteiger partial charge in [-0.15, -0.1) is 0 Å². The number of amides is 1. The maximum atomic E-state index is 14.8. The molecule has 0 spiro atoms. The van der Waals surface area contributed by atoms with E-state index in [9.17, 15) is 14.4 Å². The molecule has 2 atom stereocenters. The summed E-state index contributed by atoms with van der Waals surface area (Å²) in [4.78, 5) is 19.5. The number of carbonyl (C=O) groups is 1. The molecule has 6 heterocycles. The molecule has 9 nitrogen and oxygen atoms in total. The molecule has 1 amide bonds. The SMILES string of the molecule is C[C@@H]1CN(c2ccc(C#N)n3ncc(F)c23)Cc2c3ccc(C4CCN(C(=O)[C@@H]5CCCN5C)CC4)cc3nn21. The van der Waals surface area contributed by atoms with Crippen molar-refractivity contribution in [2.45, 2.75) is 57.2 Å². The number of benzene rings is 1. The van der Waals surface area contributed by atoms with Crippen molar-refractivity contribution in [1.82, 2.24) is 29.2 Å². The van der Waals surface area contributed by atoms with Gasteiger partial charge in [0, 0.05) is 25.0 Å². The number of nitrogens with zero attached hydrogens (tertiary/aromatic N) is 8. The number of anilines is 1. The molecule has 206 valence electrons. The first kappa shape index (κ1) is 25.0. The van der Waals surface area contributed by atoms with E-state index in [0.717, 1.165) is 67.6 Å². The van der Waals surface area contributed by atoms with E-state index in [1.807, 2.05) is 6.07 Å². The van der Waals surface area contributed by atoms with Gasteiger partial charge in [-0.3, -0.25) is 14.4 Å². The van der Waals surface area contributed by atoms with Gasteiger partial charge in [0.1, 0.15) is 17.3 Å². The Labute approximate surface area is 232 Å². The highest BCUT2D eigenvalue weighted by Crippen LogP contribution is 2.36. The molecule has 3 aromatic heterocycles. The largest absolute Gasteiger partial charge is 0.362 e. The number of hydrogen-bond acceptors (Lipinski definition) is 6. The lowest BCUT2D eigenvalue weighted by atomic mass is 9.88. The van der Waals surface area contributed by atoms with Crippen LogP contribution in [0, 0.1) is 17.1 Å². The van der Waals surface area contributed by atoms with Gasteiger partial charge in [0.25, 0.3) is 0 Å². The van der Waals surface area contributed by atoms with Crippen molar-refractivity contribution in [2.75, 3.05) is 38.1 Å². The number of rotatable bonds is 3. The second-order valence-corrected chi connectivity index (χ2v) is 11.6. The highest BCUT2D eigenvalue weighted by Gasteiger charge is 2.34. The molecule has 2 fully saturated rings. The van der Waals surface area contributed by atoms with Gasteiger partial charge in [-0.2, -0.15) is 15.5 Å². The Bertz CT molecular complexity index is 1660. The van der Waals surface area contributed by atoms with Crippen LogP contribution in [0.4, 0.5) is 10.1 Å². The van der Waals surface area contributed by atoms with Crippen molar-refractivity contribution in [3.05, 3.63) is 59.3 Å². The smallest absolute Gasteiger partial charge is 0.239 e. The summed E-state index contributed by atoms with van der Waals surface area (Å²) in [5.41, 5.74) is 4.72. The number of carbonyl (C=O) groups excluding carboxylic acids is 1. The first-order chi connectivity index (χ1) is 19.4. The van der Waals surface area contributed by atoms with Crippen molar-refractivity contribution in [1.29, 1.82) is 5.26 Å². The Kier molecular flexibility index (Phi) is 6.00. The fourth-order valence-corrected chi connectivity index (χ4v) is 7.03. The van der Waals surface area contributed by atoms with Crippen LogP contribution in [-0.4, -0.2) is 74.4 Å². The summed E-state index contributed by atoms with van der Waals surface area (Å²) < 4.78 is 18.3. The second kappa shape index (κ2) is 9.59. The normalized spacial score (nSPS) is 22.2. The van der Waals surface area contributed by atoms with Crippen LogP contribution >= 0.6 is 0 Å². The van der Waals surface area contributed by atoms with Crippen LogP contribution in [0.25, 0.3) is 16.4 Å². The average molecular weight is 541 g/mol. The highest BCUT2D eigenvalue weighted by atomic mass is 19.1. The minimum atomic E-state index is -0.434. The zero-order chi connectivity index (χ0) is 27.5. The zero-order valence-corrected chi connectivity index (χ0v) is 22.9.